The monoisotopic (exact) mass is 224 g/mol. The third-order valence-corrected chi connectivity index (χ3v) is 3.31. The molecule has 0 radical (unpaired) electrons. The summed E-state index contributed by atoms with van der Waals surface area (Å²) in [5.41, 5.74) is 1.69. The van der Waals surface area contributed by atoms with E-state index in [-0.39, 0.29) is 5.82 Å². The largest absolute Gasteiger partial charge is 0.388 e. The number of rotatable bonds is 5. The summed E-state index contributed by atoms with van der Waals surface area (Å²) in [5.74, 6) is 0.238. The summed E-state index contributed by atoms with van der Waals surface area (Å²) in [4.78, 5) is 0. The molecule has 0 aliphatic carbocycles. The molecule has 0 aliphatic rings. The first-order valence-electron chi connectivity index (χ1n) is 6.02. The minimum atomic E-state index is -0.541. The molecule has 0 bridgehead atoms. The van der Waals surface area contributed by atoms with Gasteiger partial charge in [0.15, 0.2) is 0 Å². The van der Waals surface area contributed by atoms with Crippen LogP contribution < -0.4 is 0 Å². The van der Waals surface area contributed by atoms with Crippen molar-refractivity contribution in [3.63, 3.8) is 0 Å². The molecule has 2 heteroatoms. The van der Waals surface area contributed by atoms with Crippen LogP contribution in [0.1, 0.15) is 50.3 Å². The van der Waals surface area contributed by atoms with E-state index in [1.54, 1.807) is 6.07 Å². The topological polar surface area (TPSA) is 20.2 Å². The van der Waals surface area contributed by atoms with Crippen LogP contribution in [0.5, 0.6) is 0 Å². The van der Waals surface area contributed by atoms with Gasteiger partial charge < -0.3 is 5.11 Å². The number of aliphatic hydroxyl groups is 1. The second-order valence-electron chi connectivity index (χ2n) is 4.43. The highest BCUT2D eigenvalue weighted by atomic mass is 19.1. The van der Waals surface area contributed by atoms with Gasteiger partial charge in [0.05, 0.1) is 6.10 Å². The summed E-state index contributed by atoms with van der Waals surface area (Å²) in [6.07, 6.45) is 2.29. The van der Waals surface area contributed by atoms with Gasteiger partial charge in [0.1, 0.15) is 5.82 Å². The highest BCUT2D eigenvalue weighted by Crippen LogP contribution is 2.27. The van der Waals surface area contributed by atoms with Gasteiger partial charge in [-0.05, 0) is 42.5 Å². The van der Waals surface area contributed by atoms with Crippen molar-refractivity contribution in [3.05, 3.63) is 35.1 Å². The fourth-order valence-electron chi connectivity index (χ4n) is 2.04. The van der Waals surface area contributed by atoms with Gasteiger partial charge in [-0.25, -0.2) is 4.39 Å². The Labute approximate surface area is 97.3 Å². The van der Waals surface area contributed by atoms with Gasteiger partial charge in [-0.3, -0.25) is 0 Å². The van der Waals surface area contributed by atoms with Crippen LogP contribution in [0.25, 0.3) is 0 Å². The Balaban J connectivity index is 2.79. The highest BCUT2D eigenvalue weighted by molar-refractivity contribution is 5.28. The molecule has 0 fully saturated rings. The second-order valence-corrected chi connectivity index (χ2v) is 4.43. The Kier molecular flexibility index (Phi) is 4.94. The van der Waals surface area contributed by atoms with Gasteiger partial charge in [-0.1, -0.05) is 32.8 Å². The summed E-state index contributed by atoms with van der Waals surface area (Å²) >= 11 is 0. The summed E-state index contributed by atoms with van der Waals surface area (Å²) in [7, 11) is 0. The molecule has 0 aliphatic heterocycles. The van der Waals surface area contributed by atoms with Gasteiger partial charge in [0.2, 0.25) is 0 Å². The van der Waals surface area contributed by atoms with E-state index < -0.39 is 6.10 Å². The van der Waals surface area contributed by atoms with Gasteiger partial charge in [0.25, 0.3) is 0 Å². The number of aryl methyl sites for hydroxylation is 1. The molecule has 0 spiro atoms. The summed E-state index contributed by atoms with van der Waals surface area (Å²) in [6, 6.07) is 4.60. The standard InChI is InChI=1S/C14H21FO/c1-4-11(5-2)8-14(16)13-9-12(15)7-6-10(13)3/h6-7,9,11,14,16H,4-5,8H2,1-3H3. The van der Waals surface area contributed by atoms with Crippen molar-refractivity contribution in [2.75, 3.05) is 0 Å². The third-order valence-electron chi connectivity index (χ3n) is 3.31. The zero-order valence-corrected chi connectivity index (χ0v) is 10.3. The van der Waals surface area contributed by atoms with Crippen LogP contribution in [0.2, 0.25) is 0 Å². The second kappa shape index (κ2) is 6.00. The average molecular weight is 224 g/mol. The fraction of sp³-hybridized carbons (Fsp3) is 0.571. The van der Waals surface area contributed by atoms with Crippen molar-refractivity contribution in [3.8, 4) is 0 Å². The van der Waals surface area contributed by atoms with E-state index in [4.69, 9.17) is 0 Å². The molecule has 1 aromatic rings. The normalized spacial score (nSPS) is 13.1. The maximum Gasteiger partial charge on any atom is 0.123 e. The minimum absolute atomic E-state index is 0.274. The first kappa shape index (κ1) is 13.2. The van der Waals surface area contributed by atoms with Crippen molar-refractivity contribution in [1.29, 1.82) is 0 Å². The molecule has 1 unspecified atom stereocenters. The molecular weight excluding hydrogens is 203 g/mol. The number of hydrogen-bond donors (Lipinski definition) is 1. The van der Waals surface area contributed by atoms with E-state index in [9.17, 15) is 9.50 Å². The predicted molar refractivity (Wildman–Crippen MR) is 64.8 cm³/mol. The molecule has 1 N–H and O–H groups in total. The van der Waals surface area contributed by atoms with Crippen molar-refractivity contribution in [2.24, 2.45) is 5.92 Å². The fourth-order valence-corrected chi connectivity index (χ4v) is 2.04. The van der Waals surface area contributed by atoms with Crippen molar-refractivity contribution >= 4 is 0 Å². The van der Waals surface area contributed by atoms with Crippen LogP contribution in [0.15, 0.2) is 18.2 Å². The Hall–Kier alpha value is -0.890. The van der Waals surface area contributed by atoms with E-state index in [2.05, 4.69) is 13.8 Å². The lowest BCUT2D eigenvalue weighted by atomic mass is 9.91. The molecule has 1 atom stereocenters. The number of benzene rings is 1. The van der Waals surface area contributed by atoms with E-state index in [1.165, 1.54) is 12.1 Å². The van der Waals surface area contributed by atoms with Crippen molar-refractivity contribution in [2.45, 2.75) is 46.1 Å². The molecule has 0 saturated heterocycles. The molecule has 0 saturated carbocycles. The zero-order chi connectivity index (χ0) is 12.1. The Morgan fingerprint density at radius 1 is 1.25 bits per heavy atom. The molecular formula is C14H21FO. The van der Waals surface area contributed by atoms with Crippen molar-refractivity contribution in [1.82, 2.24) is 0 Å². The third kappa shape index (κ3) is 3.31. The van der Waals surface area contributed by atoms with Crippen LogP contribution in [0.4, 0.5) is 4.39 Å². The molecule has 0 aromatic heterocycles. The van der Waals surface area contributed by atoms with Gasteiger partial charge >= 0.3 is 0 Å². The molecule has 1 aromatic carbocycles. The first-order valence-corrected chi connectivity index (χ1v) is 6.02. The maximum absolute atomic E-state index is 13.1. The molecule has 90 valence electrons. The van der Waals surface area contributed by atoms with Gasteiger partial charge in [-0.2, -0.15) is 0 Å². The molecule has 1 rings (SSSR count). The van der Waals surface area contributed by atoms with Crippen LogP contribution in [0.3, 0.4) is 0 Å². The lowest BCUT2D eigenvalue weighted by Gasteiger charge is -2.19. The lowest BCUT2D eigenvalue weighted by molar-refractivity contribution is 0.140. The molecule has 1 nitrogen and oxygen atoms in total. The van der Waals surface area contributed by atoms with E-state index in [0.29, 0.717) is 5.92 Å². The van der Waals surface area contributed by atoms with Crippen LogP contribution in [-0.4, -0.2) is 5.11 Å². The quantitative estimate of drug-likeness (QED) is 0.801. The summed E-state index contributed by atoms with van der Waals surface area (Å²) in [6.45, 7) is 6.16. The predicted octanol–water partition coefficient (Wildman–Crippen LogP) is 3.99. The zero-order valence-electron chi connectivity index (χ0n) is 10.3. The van der Waals surface area contributed by atoms with Gasteiger partial charge in [-0.15, -0.1) is 0 Å². The molecule has 16 heavy (non-hydrogen) atoms. The molecule has 0 heterocycles. The Morgan fingerprint density at radius 2 is 1.88 bits per heavy atom. The SMILES string of the molecule is CCC(CC)CC(O)c1cc(F)ccc1C. The molecule has 0 amide bonds. The average Bonchev–Trinajstić information content (AvgIpc) is 2.28. The lowest BCUT2D eigenvalue weighted by Crippen LogP contribution is -2.07. The number of halogens is 1. The van der Waals surface area contributed by atoms with Crippen LogP contribution >= 0.6 is 0 Å². The number of aliphatic hydroxyl groups excluding tert-OH is 1. The Morgan fingerprint density at radius 3 is 2.44 bits per heavy atom. The Bertz CT molecular complexity index is 332. The first-order chi connectivity index (χ1) is 7.58. The van der Waals surface area contributed by atoms with Gasteiger partial charge in [0, 0.05) is 0 Å². The van der Waals surface area contributed by atoms with E-state index in [1.807, 2.05) is 6.92 Å². The highest BCUT2D eigenvalue weighted by Gasteiger charge is 2.15. The van der Waals surface area contributed by atoms with Crippen LogP contribution in [0, 0.1) is 18.7 Å². The van der Waals surface area contributed by atoms with E-state index in [0.717, 1.165) is 30.4 Å². The number of hydrogen-bond acceptors (Lipinski definition) is 1. The minimum Gasteiger partial charge on any atom is -0.388 e. The summed E-state index contributed by atoms with van der Waals surface area (Å²) in [5, 5.41) is 10.1. The van der Waals surface area contributed by atoms with Crippen molar-refractivity contribution < 1.29 is 9.50 Å². The van der Waals surface area contributed by atoms with Crippen LogP contribution in [-0.2, 0) is 0 Å². The van der Waals surface area contributed by atoms with E-state index >= 15 is 0 Å². The summed E-state index contributed by atoms with van der Waals surface area (Å²) < 4.78 is 13.1. The smallest absolute Gasteiger partial charge is 0.123 e. The maximum atomic E-state index is 13.1.